The fourth-order valence-corrected chi connectivity index (χ4v) is 5.05. The first-order valence-electron chi connectivity index (χ1n) is 12.1. The molecule has 1 aromatic heterocycles. The van der Waals surface area contributed by atoms with Crippen molar-refractivity contribution >= 4 is 45.9 Å². The Morgan fingerprint density at radius 2 is 1.85 bits per heavy atom. The molecule has 2 heterocycles. The van der Waals surface area contributed by atoms with Crippen molar-refractivity contribution in [1.29, 1.82) is 0 Å². The summed E-state index contributed by atoms with van der Waals surface area (Å²) in [7, 11) is 0. The lowest BCUT2D eigenvalue weighted by molar-refractivity contribution is -0.144. The highest BCUT2D eigenvalue weighted by Gasteiger charge is 2.22. The van der Waals surface area contributed by atoms with Crippen LogP contribution in [-0.4, -0.2) is 61.1 Å². The third kappa shape index (κ3) is 6.15. The largest absolute Gasteiger partial charge is 0.465 e. The average molecular weight is 473 g/mol. The van der Waals surface area contributed by atoms with E-state index < -0.39 is 0 Å². The number of fused-ring (bicyclic) bond motifs is 1. The van der Waals surface area contributed by atoms with E-state index in [1.54, 1.807) is 6.07 Å². The molecule has 1 saturated heterocycles. The van der Waals surface area contributed by atoms with Crippen LogP contribution in [-0.2, 0) is 14.3 Å². The molecule has 1 N–H and O–H groups in total. The van der Waals surface area contributed by atoms with Gasteiger partial charge in [-0.2, -0.15) is 0 Å². The summed E-state index contributed by atoms with van der Waals surface area (Å²) in [6.07, 6.45) is 6.53. The molecule has 8 heteroatoms. The molecule has 1 saturated carbocycles. The highest BCUT2D eigenvalue weighted by Crippen LogP contribution is 2.33. The molecule has 0 unspecified atom stereocenters. The second kappa shape index (κ2) is 11.2. The number of hydrogen-bond donors (Lipinski definition) is 1. The van der Waals surface area contributed by atoms with E-state index in [-0.39, 0.29) is 11.9 Å². The number of amides is 1. The van der Waals surface area contributed by atoms with Crippen LogP contribution in [0.3, 0.4) is 0 Å². The first-order chi connectivity index (χ1) is 16.0. The van der Waals surface area contributed by atoms with Crippen LogP contribution < -0.4 is 10.2 Å². The molecule has 1 aromatic carbocycles. The number of carbonyl (C=O) groups excluding carboxylic acids is 2. The second-order valence-electron chi connectivity index (χ2n) is 8.98. The topological polar surface area (TPSA) is 74.8 Å². The van der Waals surface area contributed by atoms with Crippen molar-refractivity contribution in [3.63, 3.8) is 0 Å². The molecule has 2 fully saturated rings. The molecule has 33 heavy (non-hydrogen) atoms. The van der Waals surface area contributed by atoms with Gasteiger partial charge in [0.15, 0.2) is 0 Å². The fourth-order valence-electron chi connectivity index (χ4n) is 4.84. The number of pyridine rings is 1. The number of esters is 1. The van der Waals surface area contributed by atoms with Crippen molar-refractivity contribution in [3.05, 3.63) is 29.3 Å². The minimum atomic E-state index is -0.176. The van der Waals surface area contributed by atoms with Gasteiger partial charge in [-0.15, -0.1) is 0 Å². The highest BCUT2D eigenvalue weighted by molar-refractivity contribution is 6.35. The normalized spacial score (nSPS) is 17.8. The maximum absolute atomic E-state index is 12.7. The Morgan fingerprint density at radius 3 is 2.58 bits per heavy atom. The molecule has 2 aromatic rings. The summed E-state index contributed by atoms with van der Waals surface area (Å²) >= 11 is 6.46. The molecular formula is C25H33ClN4O3. The zero-order valence-corrected chi connectivity index (χ0v) is 20.1. The maximum Gasteiger partial charge on any atom is 0.320 e. The van der Waals surface area contributed by atoms with E-state index in [1.807, 2.05) is 25.1 Å². The first kappa shape index (κ1) is 23.8. The first-order valence-corrected chi connectivity index (χ1v) is 12.4. The van der Waals surface area contributed by atoms with E-state index in [0.29, 0.717) is 36.2 Å². The van der Waals surface area contributed by atoms with Gasteiger partial charge in [0.1, 0.15) is 5.82 Å². The predicted molar refractivity (Wildman–Crippen MR) is 132 cm³/mol. The molecule has 2 aliphatic rings. The maximum atomic E-state index is 12.7. The van der Waals surface area contributed by atoms with Crippen molar-refractivity contribution in [2.24, 2.45) is 5.92 Å². The number of aromatic nitrogens is 1. The number of benzene rings is 1. The van der Waals surface area contributed by atoms with Crippen molar-refractivity contribution in [2.45, 2.75) is 45.4 Å². The number of anilines is 2. The van der Waals surface area contributed by atoms with Gasteiger partial charge in [-0.25, -0.2) is 4.98 Å². The third-order valence-corrected chi connectivity index (χ3v) is 6.94. The quantitative estimate of drug-likeness (QED) is 0.599. The summed E-state index contributed by atoms with van der Waals surface area (Å²) in [6, 6.07) is 7.67. The molecule has 1 aliphatic heterocycles. The van der Waals surface area contributed by atoms with Gasteiger partial charge in [0.05, 0.1) is 29.4 Å². The van der Waals surface area contributed by atoms with Crippen molar-refractivity contribution in [1.82, 2.24) is 9.88 Å². The molecule has 178 valence electrons. The van der Waals surface area contributed by atoms with Gasteiger partial charge in [-0.1, -0.05) is 30.9 Å². The molecule has 4 rings (SSSR count). The predicted octanol–water partition coefficient (Wildman–Crippen LogP) is 4.48. The standard InChI is InChI=1S/C25H33ClN4O3/c1-2-33-24(32)17-29-12-14-30(15-13-29)22-11-8-19-21(27-22)10-9-20(26)25(19)28-23(31)16-18-6-4-3-5-7-18/h8-11,18H,2-7,12-17H2,1H3,(H,28,31). The second-order valence-corrected chi connectivity index (χ2v) is 9.39. The van der Waals surface area contributed by atoms with Gasteiger partial charge in [-0.05, 0) is 49.9 Å². The summed E-state index contributed by atoms with van der Waals surface area (Å²) in [6.45, 7) is 5.69. The van der Waals surface area contributed by atoms with E-state index >= 15 is 0 Å². The zero-order chi connectivity index (χ0) is 23.2. The minimum Gasteiger partial charge on any atom is -0.465 e. The molecule has 1 amide bonds. The smallest absolute Gasteiger partial charge is 0.320 e. The number of ether oxygens (including phenoxy) is 1. The Bertz CT molecular complexity index is 985. The number of carbonyl (C=O) groups is 2. The van der Waals surface area contributed by atoms with Crippen LogP contribution in [0, 0.1) is 5.92 Å². The third-order valence-electron chi connectivity index (χ3n) is 6.62. The van der Waals surface area contributed by atoms with Crippen LogP contribution in [0.2, 0.25) is 5.02 Å². The summed E-state index contributed by atoms with van der Waals surface area (Å²) in [5, 5.41) is 4.44. The van der Waals surface area contributed by atoms with Crippen LogP contribution in [0.5, 0.6) is 0 Å². The number of hydrogen-bond acceptors (Lipinski definition) is 6. The lowest BCUT2D eigenvalue weighted by Crippen LogP contribution is -2.48. The van der Waals surface area contributed by atoms with Gasteiger partial charge < -0.3 is 15.0 Å². The number of nitrogens with zero attached hydrogens (tertiary/aromatic N) is 3. The molecule has 0 radical (unpaired) electrons. The van der Waals surface area contributed by atoms with Crippen molar-refractivity contribution in [2.75, 3.05) is 49.5 Å². The SMILES string of the molecule is CCOC(=O)CN1CCN(c2ccc3c(NC(=O)CC4CCCCC4)c(Cl)ccc3n2)CC1. The van der Waals surface area contributed by atoms with Gasteiger partial charge >= 0.3 is 5.97 Å². The van der Waals surface area contributed by atoms with E-state index in [0.717, 1.165) is 55.7 Å². The van der Waals surface area contributed by atoms with E-state index in [4.69, 9.17) is 21.3 Å². The van der Waals surface area contributed by atoms with E-state index in [9.17, 15) is 9.59 Å². The van der Waals surface area contributed by atoms with Gasteiger partial charge in [0.25, 0.3) is 0 Å². The summed E-state index contributed by atoms with van der Waals surface area (Å²) in [5.74, 6) is 1.21. The van der Waals surface area contributed by atoms with Crippen LogP contribution in [0.4, 0.5) is 11.5 Å². The van der Waals surface area contributed by atoms with Crippen LogP contribution in [0.15, 0.2) is 24.3 Å². The van der Waals surface area contributed by atoms with Crippen LogP contribution in [0.25, 0.3) is 10.9 Å². The molecule has 1 aliphatic carbocycles. The monoisotopic (exact) mass is 472 g/mol. The number of rotatable bonds is 7. The lowest BCUT2D eigenvalue weighted by atomic mass is 9.87. The van der Waals surface area contributed by atoms with Crippen molar-refractivity contribution < 1.29 is 14.3 Å². The van der Waals surface area contributed by atoms with E-state index in [2.05, 4.69) is 15.1 Å². The molecular weight excluding hydrogens is 440 g/mol. The van der Waals surface area contributed by atoms with Gasteiger partial charge in [-0.3, -0.25) is 14.5 Å². The Labute approximate surface area is 200 Å². The number of halogens is 1. The zero-order valence-electron chi connectivity index (χ0n) is 19.3. The Morgan fingerprint density at radius 1 is 1.09 bits per heavy atom. The molecule has 7 nitrogen and oxygen atoms in total. The van der Waals surface area contributed by atoms with Crippen LogP contribution >= 0.6 is 11.6 Å². The van der Waals surface area contributed by atoms with Gasteiger partial charge in [0, 0.05) is 38.0 Å². The summed E-state index contributed by atoms with van der Waals surface area (Å²) < 4.78 is 5.05. The Balaban J connectivity index is 1.42. The molecule has 0 atom stereocenters. The molecule has 0 bridgehead atoms. The average Bonchev–Trinajstić information content (AvgIpc) is 2.82. The van der Waals surface area contributed by atoms with Gasteiger partial charge in [0.2, 0.25) is 5.91 Å². The van der Waals surface area contributed by atoms with Crippen LogP contribution in [0.1, 0.15) is 45.4 Å². The fraction of sp³-hybridized carbons (Fsp3) is 0.560. The highest BCUT2D eigenvalue weighted by atomic mass is 35.5. The molecule has 0 spiro atoms. The number of nitrogens with one attached hydrogen (secondary N) is 1. The number of piperazine rings is 1. The Hall–Kier alpha value is -2.38. The summed E-state index contributed by atoms with van der Waals surface area (Å²) in [5.41, 5.74) is 1.45. The van der Waals surface area contributed by atoms with Crippen molar-refractivity contribution in [3.8, 4) is 0 Å². The lowest BCUT2D eigenvalue weighted by Gasteiger charge is -2.34. The minimum absolute atomic E-state index is 0.0260. The Kier molecular flexibility index (Phi) is 8.04. The van der Waals surface area contributed by atoms with E-state index in [1.165, 1.54) is 19.3 Å². The summed E-state index contributed by atoms with van der Waals surface area (Å²) in [4.78, 5) is 33.6.